The first-order valence-corrected chi connectivity index (χ1v) is 8.04. The third-order valence-corrected chi connectivity index (χ3v) is 3.83. The van der Waals surface area contributed by atoms with E-state index in [1.54, 1.807) is 0 Å². The van der Waals surface area contributed by atoms with E-state index in [0.717, 1.165) is 10.2 Å². The molecule has 2 aromatic rings. The highest BCUT2D eigenvalue weighted by molar-refractivity contribution is 9.10. The summed E-state index contributed by atoms with van der Waals surface area (Å²) in [6, 6.07) is 13.4. The Labute approximate surface area is 139 Å². The summed E-state index contributed by atoms with van der Waals surface area (Å²) in [5.41, 5.74) is 3.22. The van der Waals surface area contributed by atoms with Crippen molar-refractivity contribution in [3.8, 4) is 5.75 Å². The van der Waals surface area contributed by atoms with Gasteiger partial charge in [-0.15, -0.1) is 0 Å². The minimum Gasteiger partial charge on any atom is -0.484 e. The van der Waals surface area contributed by atoms with Crippen molar-refractivity contribution in [3.05, 3.63) is 58.1 Å². The molecule has 0 saturated heterocycles. The van der Waals surface area contributed by atoms with Crippen molar-refractivity contribution in [3.63, 3.8) is 0 Å². The molecule has 0 saturated carbocycles. The van der Waals surface area contributed by atoms with Crippen LogP contribution in [0.4, 0.5) is 5.69 Å². The molecule has 0 aliphatic heterocycles. The van der Waals surface area contributed by atoms with Crippen molar-refractivity contribution in [2.75, 3.05) is 11.9 Å². The Bertz CT molecular complexity index is 668. The van der Waals surface area contributed by atoms with Crippen molar-refractivity contribution in [2.24, 2.45) is 0 Å². The topological polar surface area (TPSA) is 38.3 Å². The summed E-state index contributed by atoms with van der Waals surface area (Å²) in [4.78, 5) is 11.9. The molecular weight excluding hydrogens is 342 g/mol. The van der Waals surface area contributed by atoms with E-state index in [0.29, 0.717) is 11.7 Å². The van der Waals surface area contributed by atoms with Gasteiger partial charge in [0.25, 0.3) is 5.91 Å². The first kappa shape index (κ1) is 16.6. The molecule has 0 aliphatic carbocycles. The summed E-state index contributed by atoms with van der Waals surface area (Å²) in [6.45, 7) is 6.37. The molecule has 0 unspecified atom stereocenters. The Balaban J connectivity index is 1.92. The van der Waals surface area contributed by atoms with Gasteiger partial charge in [-0.05, 0) is 54.3 Å². The first-order chi connectivity index (χ1) is 10.5. The number of aryl methyl sites for hydroxylation is 1. The molecule has 4 heteroatoms. The number of hydrogen-bond donors (Lipinski definition) is 1. The van der Waals surface area contributed by atoms with Gasteiger partial charge in [0.05, 0.1) is 0 Å². The van der Waals surface area contributed by atoms with Gasteiger partial charge in [0.1, 0.15) is 5.75 Å². The number of benzene rings is 2. The molecule has 0 bridgehead atoms. The standard InChI is InChI=1S/C18H20BrNO2/c1-12(2)17-8-7-16(9-13(17)3)22-11-18(21)20-15-6-4-5-14(19)10-15/h4-10,12H,11H2,1-3H3,(H,20,21). The summed E-state index contributed by atoms with van der Waals surface area (Å²) in [5.74, 6) is 1.02. The SMILES string of the molecule is Cc1cc(OCC(=O)Nc2cccc(Br)c2)ccc1C(C)C. The Morgan fingerprint density at radius 2 is 2.00 bits per heavy atom. The maximum Gasteiger partial charge on any atom is 0.262 e. The molecule has 116 valence electrons. The van der Waals surface area contributed by atoms with Crippen molar-refractivity contribution in [2.45, 2.75) is 26.7 Å². The van der Waals surface area contributed by atoms with Crippen molar-refractivity contribution < 1.29 is 9.53 Å². The quantitative estimate of drug-likeness (QED) is 0.822. The molecular formula is C18H20BrNO2. The Kier molecular flexibility index (Phi) is 5.61. The molecule has 0 aromatic heterocycles. The fraction of sp³-hybridized carbons (Fsp3) is 0.278. The summed E-state index contributed by atoms with van der Waals surface area (Å²) in [6.07, 6.45) is 0. The third-order valence-electron chi connectivity index (χ3n) is 3.34. The molecule has 2 rings (SSSR count). The molecule has 2 aromatic carbocycles. The molecule has 0 aliphatic rings. The maximum absolute atomic E-state index is 11.9. The Morgan fingerprint density at radius 1 is 1.23 bits per heavy atom. The number of amides is 1. The van der Waals surface area contributed by atoms with Crippen LogP contribution in [0.5, 0.6) is 5.75 Å². The zero-order valence-electron chi connectivity index (χ0n) is 13.0. The summed E-state index contributed by atoms with van der Waals surface area (Å²) in [5, 5.41) is 2.80. The number of halogens is 1. The molecule has 1 amide bonds. The number of nitrogens with one attached hydrogen (secondary N) is 1. The van der Waals surface area contributed by atoms with Crippen LogP contribution in [-0.4, -0.2) is 12.5 Å². The second-order valence-electron chi connectivity index (χ2n) is 5.52. The molecule has 0 fully saturated rings. The van der Waals surface area contributed by atoms with E-state index >= 15 is 0 Å². The number of ether oxygens (including phenoxy) is 1. The van der Waals surface area contributed by atoms with Crippen LogP contribution in [0.25, 0.3) is 0 Å². The predicted octanol–water partition coefficient (Wildman–Crippen LogP) is 4.90. The van der Waals surface area contributed by atoms with Gasteiger partial charge in [0, 0.05) is 10.2 Å². The highest BCUT2D eigenvalue weighted by Gasteiger charge is 2.07. The van der Waals surface area contributed by atoms with Gasteiger partial charge >= 0.3 is 0 Å². The van der Waals surface area contributed by atoms with E-state index in [9.17, 15) is 4.79 Å². The third kappa shape index (κ3) is 4.60. The average molecular weight is 362 g/mol. The molecule has 1 N–H and O–H groups in total. The zero-order valence-corrected chi connectivity index (χ0v) is 14.6. The zero-order chi connectivity index (χ0) is 16.1. The van der Waals surface area contributed by atoms with E-state index in [1.807, 2.05) is 36.4 Å². The van der Waals surface area contributed by atoms with Crippen LogP contribution in [0, 0.1) is 6.92 Å². The Hall–Kier alpha value is -1.81. The first-order valence-electron chi connectivity index (χ1n) is 7.24. The van der Waals surface area contributed by atoms with Crippen LogP contribution >= 0.6 is 15.9 Å². The van der Waals surface area contributed by atoms with Gasteiger partial charge in [0.2, 0.25) is 0 Å². The van der Waals surface area contributed by atoms with E-state index in [4.69, 9.17) is 4.74 Å². The molecule has 0 radical (unpaired) electrons. The van der Waals surface area contributed by atoms with Crippen LogP contribution in [-0.2, 0) is 4.79 Å². The van der Waals surface area contributed by atoms with Gasteiger partial charge in [-0.25, -0.2) is 0 Å². The molecule has 0 atom stereocenters. The minimum atomic E-state index is -0.177. The predicted molar refractivity (Wildman–Crippen MR) is 93.5 cm³/mol. The smallest absolute Gasteiger partial charge is 0.262 e. The molecule has 3 nitrogen and oxygen atoms in total. The van der Waals surface area contributed by atoms with Gasteiger partial charge in [-0.2, -0.15) is 0 Å². The summed E-state index contributed by atoms with van der Waals surface area (Å²) in [7, 11) is 0. The van der Waals surface area contributed by atoms with E-state index < -0.39 is 0 Å². The van der Waals surface area contributed by atoms with Gasteiger partial charge in [0.15, 0.2) is 6.61 Å². The van der Waals surface area contributed by atoms with Crippen LogP contribution in [0.3, 0.4) is 0 Å². The number of anilines is 1. The highest BCUT2D eigenvalue weighted by atomic mass is 79.9. The fourth-order valence-corrected chi connectivity index (χ4v) is 2.70. The number of rotatable bonds is 5. The lowest BCUT2D eigenvalue weighted by atomic mass is 9.98. The van der Waals surface area contributed by atoms with Crippen LogP contribution in [0.2, 0.25) is 0 Å². The largest absolute Gasteiger partial charge is 0.484 e. The monoisotopic (exact) mass is 361 g/mol. The normalized spacial score (nSPS) is 10.6. The van der Waals surface area contributed by atoms with Gasteiger partial charge < -0.3 is 10.1 Å². The lowest BCUT2D eigenvalue weighted by Gasteiger charge is -2.12. The summed E-state index contributed by atoms with van der Waals surface area (Å²) < 4.78 is 6.48. The Morgan fingerprint density at radius 3 is 2.64 bits per heavy atom. The fourth-order valence-electron chi connectivity index (χ4n) is 2.30. The minimum absolute atomic E-state index is 0.00697. The lowest BCUT2D eigenvalue weighted by Crippen LogP contribution is -2.20. The van der Waals surface area contributed by atoms with Crippen molar-refractivity contribution >= 4 is 27.5 Å². The van der Waals surface area contributed by atoms with Crippen molar-refractivity contribution in [1.82, 2.24) is 0 Å². The molecule has 0 spiro atoms. The van der Waals surface area contributed by atoms with E-state index in [2.05, 4.69) is 48.1 Å². The van der Waals surface area contributed by atoms with Crippen LogP contribution in [0.15, 0.2) is 46.9 Å². The van der Waals surface area contributed by atoms with Crippen LogP contribution < -0.4 is 10.1 Å². The van der Waals surface area contributed by atoms with Crippen molar-refractivity contribution in [1.29, 1.82) is 0 Å². The number of carbonyl (C=O) groups is 1. The van der Waals surface area contributed by atoms with Gasteiger partial charge in [-0.3, -0.25) is 4.79 Å². The second kappa shape index (κ2) is 7.45. The van der Waals surface area contributed by atoms with E-state index in [-0.39, 0.29) is 12.5 Å². The lowest BCUT2D eigenvalue weighted by molar-refractivity contribution is -0.118. The molecule has 0 heterocycles. The summed E-state index contributed by atoms with van der Waals surface area (Å²) >= 11 is 3.37. The van der Waals surface area contributed by atoms with E-state index in [1.165, 1.54) is 11.1 Å². The molecule has 22 heavy (non-hydrogen) atoms. The highest BCUT2D eigenvalue weighted by Crippen LogP contribution is 2.23. The van der Waals surface area contributed by atoms with Gasteiger partial charge in [-0.1, -0.05) is 41.9 Å². The number of hydrogen-bond acceptors (Lipinski definition) is 2. The number of carbonyl (C=O) groups excluding carboxylic acids is 1. The average Bonchev–Trinajstić information content (AvgIpc) is 2.45. The maximum atomic E-state index is 11.9. The van der Waals surface area contributed by atoms with Crippen LogP contribution in [0.1, 0.15) is 30.9 Å². The second-order valence-corrected chi connectivity index (χ2v) is 6.44.